The number of pyridine rings is 1. The molecule has 1 unspecified atom stereocenters. The first-order chi connectivity index (χ1) is 9.49. The van der Waals surface area contributed by atoms with Crippen molar-refractivity contribution in [3.63, 3.8) is 0 Å². The lowest BCUT2D eigenvalue weighted by atomic mass is 9.99. The average molecular weight is 337 g/mol. The molecule has 4 nitrogen and oxygen atoms in total. The number of alkyl halides is 1. The zero-order valence-electron chi connectivity index (χ0n) is 11.5. The molecule has 1 aromatic heterocycles. The zero-order valence-corrected chi connectivity index (χ0v) is 13.1. The van der Waals surface area contributed by atoms with Gasteiger partial charge in [0, 0.05) is 16.6 Å². The molecule has 106 valence electrons. The summed E-state index contributed by atoms with van der Waals surface area (Å²) in [6.45, 7) is 4.29. The Morgan fingerprint density at radius 2 is 2.10 bits per heavy atom. The quantitative estimate of drug-likeness (QED) is 0.459. The largest absolute Gasteiger partial charge is 0.281 e. The second-order valence-corrected chi connectivity index (χ2v) is 6.63. The zero-order chi connectivity index (χ0) is 14.7. The second-order valence-electron chi connectivity index (χ2n) is 5.33. The summed E-state index contributed by atoms with van der Waals surface area (Å²) in [5, 5.41) is 12.0. The maximum atomic E-state index is 11.4. The van der Waals surface area contributed by atoms with Crippen LogP contribution in [0.3, 0.4) is 0 Å². The van der Waals surface area contributed by atoms with Crippen molar-refractivity contribution in [2.24, 2.45) is 5.92 Å². The molecule has 2 rings (SSSR count). The van der Waals surface area contributed by atoms with Crippen LogP contribution in [0.4, 0.5) is 5.69 Å². The molecule has 0 spiro atoms. The molecular formula is C15H17BrN2O2. The minimum Gasteiger partial charge on any atom is -0.258 e. The van der Waals surface area contributed by atoms with E-state index in [-0.39, 0.29) is 15.4 Å². The molecule has 0 fully saturated rings. The molecule has 0 aliphatic carbocycles. The van der Waals surface area contributed by atoms with Crippen molar-refractivity contribution >= 4 is 32.5 Å². The first-order valence-electron chi connectivity index (χ1n) is 6.64. The maximum absolute atomic E-state index is 11.4. The molecule has 1 aromatic carbocycles. The predicted molar refractivity (Wildman–Crippen MR) is 84.3 cm³/mol. The van der Waals surface area contributed by atoms with Crippen LogP contribution in [0.5, 0.6) is 0 Å². The van der Waals surface area contributed by atoms with E-state index in [9.17, 15) is 10.1 Å². The summed E-state index contributed by atoms with van der Waals surface area (Å²) >= 11 is 3.62. The van der Waals surface area contributed by atoms with Gasteiger partial charge in [0.15, 0.2) is 0 Å². The Labute approximate surface area is 126 Å². The third-order valence-electron chi connectivity index (χ3n) is 3.19. The van der Waals surface area contributed by atoms with E-state index in [0.717, 1.165) is 12.0 Å². The Morgan fingerprint density at radius 3 is 2.75 bits per heavy atom. The normalized spacial score (nSPS) is 12.8. The molecule has 0 saturated heterocycles. The van der Waals surface area contributed by atoms with E-state index in [4.69, 9.17) is 0 Å². The van der Waals surface area contributed by atoms with E-state index in [0.29, 0.717) is 23.2 Å². The molecule has 0 aliphatic rings. The lowest BCUT2D eigenvalue weighted by Gasteiger charge is -2.13. The summed E-state index contributed by atoms with van der Waals surface area (Å²) in [6.07, 6.45) is 3.29. The third-order valence-corrected chi connectivity index (χ3v) is 3.89. The smallest absolute Gasteiger partial charge is 0.258 e. The number of rotatable bonds is 5. The maximum Gasteiger partial charge on any atom is 0.281 e. The Kier molecular flexibility index (Phi) is 4.70. The highest BCUT2D eigenvalue weighted by molar-refractivity contribution is 9.09. The number of nitrogens with zero attached hydrogens (tertiary/aromatic N) is 2. The van der Waals surface area contributed by atoms with Gasteiger partial charge in [-0.05, 0) is 43.0 Å². The van der Waals surface area contributed by atoms with Gasteiger partial charge in [-0.2, -0.15) is 0 Å². The number of aromatic nitrogens is 1. The van der Waals surface area contributed by atoms with Crippen LogP contribution in [-0.2, 0) is 6.42 Å². The molecule has 0 aliphatic heterocycles. The van der Waals surface area contributed by atoms with Crippen molar-refractivity contribution in [2.45, 2.75) is 31.5 Å². The van der Waals surface area contributed by atoms with Crippen molar-refractivity contribution in [1.29, 1.82) is 0 Å². The van der Waals surface area contributed by atoms with Gasteiger partial charge in [0.25, 0.3) is 5.69 Å². The summed E-state index contributed by atoms with van der Waals surface area (Å²) in [5.41, 5.74) is 1.61. The van der Waals surface area contributed by atoms with Gasteiger partial charge in [-0.25, -0.2) is 0 Å². The van der Waals surface area contributed by atoms with Crippen molar-refractivity contribution in [1.82, 2.24) is 4.98 Å². The molecule has 0 radical (unpaired) electrons. The molecule has 0 bridgehead atoms. The molecule has 1 heterocycles. The molecule has 1 atom stereocenters. The molecule has 20 heavy (non-hydrogen) atoms. The Balaban J connectivity index is 2.42. The van der Waals surface area contributed by atoms with E-state index >= 15 is 0 Å². The topological polar surface area (TPSA) is 56.0 Å². The van der Waals surface area contributed by atoms with E-state index < -0.39 is 0 Å². The number of halogens is 1. The minimum absolute atomic E-state index is 0.184. The molecule has 5 heteroatoms. The number of hydrogen-bond donors (Lipinski definition) is 0. The van der Waals surface area contributed by atoms with Crippen LogP contribution in [0.2, 0.25) is 0 Å². The van der Waals surface area contributed by atoms with Crippen molar-refractivity contribution in [2.75, 3.05) is 0 Å². The van der Waals surface area contributed by atoms with E-state index in [1.165, 1.54) is 0 Å². The van der Waals surface area contributed by atoms with Gasteiger partial charge in [-0.3, -0.25) is 15.1 Å². The third kappa shape index (κ3) is 3.33. The highest BCUT2D eigenvalue weighted by Gasteiger charge is 2.21. The van der Waals surface area contributed by atoms with Crippen molar-refractivity contribution < 1.29 is 4.92 Å². The van der Waals surface area contributed by atoms with Gasteiger partial charge in [0.2, 0.25) is 0 Å². The number of nitro benzene ring substituents is 1. The van der Waals surface area contributed by atoms with E-state index in [1.807, 2.05) is 12.1 Å². The van der Waals surface area contributed by atoms with Crippen LogP contribution >= 0.6 is 15.9 Å². The van der Waals surface area contributed by atoms with Crippen LogP contribution in [-0.4, -0.2) is 14.7 Å². The molecule has 0 amide bonds. The van der Waals surface area contributed by atoms with Gasteiger partial charge in [0.05, 0.1) is 15.8 Å². The van der Waals surface area contributed by atoms with Gasteiger partial charge < -0.3 is 0 Å². The highest BCUT2D eigenvalue weighted by Crippen LogP contribution is 2.31. The summed E-state index contributed by atoms with van der Waals surface area (Å²) in [4.78, 5) is 15.5. The molecular weight excluding hydrogens is 320 g/mol. The average Bonchev–Trinajstić information content (AvgIpc) is 2.36. The fourth-order valence-corrected chi connectivity index (χ4v) is 3.49. The highest BCUT2D eigenvalue weighted by atomic mass is 79.9. The van der Waals surface area contributed by atoms with Crippen LogP contribution in [0.15, 0.2) is 30.5 Å². The minimum atomic E-state index is -0.297. The van der Waals surface area contributed by atoms with Gasteiger partial charge in [-0.15, -0.1) is 0 Å². The lowest BCUT2D eigenvalue weighted by molar-refractivity contribution is -0.383. The van der Waals surface area contributed by atoms with Crippen LogP contribution in [0.25, 0.3) is 10.9 Å². The van der Waals surface area contributed by atoms with Crippen molar-refractivity contribution in [3.8, 4) is 0 Å². The van der Waals surface area contributed by atoms with Gasteiger partial charge >= 0.3 is 0 Å². The number of fused-ring (bicyclic) bond motifs is 1. The second kappa shape index (κ2) is 6.31. The molecule has 0 saturated carbocycles. The summed E-state index contributed by atoms with van der Waals surface area (Å²) in [6, 6.07) is 7.17. The number of benzene rings is 1. The van der Waals surface area contributed by atoms with E-state index in [1.54, 1.807) is 18.3 Å². The fraction of sp³-hybridized carbons (Fsp3) is 0.400. The standard InChI is InChI=1S/C15H17BrN2O2/c1-10(2)8-12(16)9-11-5-6-14-13(4-3-7-17-14)15(11)18(19)20/h3-7,10,12H,8-9H2,1-2H3. The molecule has 2 aromatic rings. The summed E-state index contributed by atoms with van der Waals surface area (Å²) < 4.78 is 0. The Bertz CT molecular complexity index is 628. The van der Waals surface area contributed by atoms with Gasteiger partial charge in [-0.1, -0.05) is 29.8 Å². The monoisotopic (exact) mass is 336 g/mol. The Morgan fingerprint density at radius 1 is 1.35 bits per heavy atom. The molecule has 0 N–H and O–H groups in total. The predicted octanol–water partition coefficient (Wildman–Crippen LogP) is 4.50. The first kappa shape index (κ1) is 14.9. The Hall–Kier alpha value is -1.49. The lowest BCUT2D eigenvalue weighted by Crippen LogP contribution is -2.08. The van der Waals surface area contributed by atoms with Crippen LogP contribution < -0.4 is 0 Å². The first-order valence-corrected chi connectivity index (χ1v) is 7.55. The van der Waals surface area contributed by atoms with Crippen LogP contribution in [0.1, 0.15) is 25.8 Å². The van der Waals surface area contributed by atoms with Crippen LogP contribution in [0, 0.1) is 16.0 Å². The van der Waals surface area contributed by atoms with Crippen molar-refractivity contribution in [3.05, 3.63) is 46.1 Å². The fourth-order valence-electron chi connectivity index (χ4n) is 2.40. The van der Waals surface area contributed by atoms with E-state index in [2.05, 4.69) is 34.8 Å². The number of hydrogen-bond acceptors (Lipinski definition) is 3. The van der Waals surface area contributed by atoms with Gasteiger partial charge in [0.1, 0.15) is 0 Å². The SMILES string of the molecule is CC(C)CC(Br)Cc1ccc2ncccc2c1[N+](=O)[O-]. The summed E-state index contributed by atoms with van der Waals surface area (Å²) in [7, 11) is 0. The summed E-state index contributed by atoms with van der Waals surface area (Å²) in [5.74, 6) is 0.556. The number of nitro groups is 1.